The maximum absolute atomic E-state index is 13.1. The lowest BCUT2D eigenvalue weighted by atomic mass is 10.0. The first kappa shape index (κ1) is 16.8. The molecule has 6 heteroatoms. The van der Waals surface area contributed by atoms with Crippen molar-refractivity contribution in [3.8, 4) is 0 Å². The predicted octanol–water partition coefficient (Wildman–Crippen LogP) is 2.50. The lowest BCUT2D eigenvalue weighted by Gasteiger charge is -2.35. The first-order valence-electron chi connectivity index (χ1n) is 8.99. The number of carbonyl (C=O) groups is 1. The Labute approximate surface area is 152 Å². The number of nitrogens with one attached hydrogen (secondary N) is 1. The highest BCUT2D eigenvalue weighted by molar-refractivity contribution is 5.88. The quantitative estimate of drug-likeness (QED) is 0.787. The second kappa shape index (κ2) is 6.61. The number of fused-ring (bicyclic) bond motifs is 1. The molecule has 1 amide bonds. The summed E-state index contributed by atoms with van der Waals surface area (Å²) in [5.41, 5.74) is 5.28. The van der Waals surface area contributed by atoms with Gasteiger partial charge in [-0.2, -0.15) is 5.10 Å². The molecule has 0 aliphatic carbocycles. The molecule has 6 nitrogen and oxygen atoms in total. The van der Waals surface area contributed by atoms with Crippen molar-refractivity contribution in [3.63, 3.8) is 0 Å². The number of carbonyl (C=O) groups excluding carboxylic acids is 1. The molecule has 0 saturated carbocycles. The molecule has 4 rings (SSSR count). The summed E-state index contributed by atoms with van der Waals surface area (Å²) < 4.78 is 7.47. The van der Waals surface area contributed by atoms with E-state index in [1.54, 1.807) is 10.9 Å². The van der Waals surface area contributed by atoms with Gasteiger partial charge in [-0.1, -0.05) is 0 Å². The van der Waals surface area contributed by atoms with Crippen LogP contribution in [0, 0.1) is 13.8 Å². The third-order valence-corrected chi connectivity index (χ3v) is 5.29. The van der Waals surface area contributed by atoms with Crippen LogP contribution in [0.4, 0.5) is 0 Å². The molecule has 0 bridgehead atoms. The average molecular weight is 352 g/mol. The van der Waals surface area contributed by atoms with Crippen LogP contribution >= 0.6 is 0 Å². The Morgan fingerprint density at radius 3 is 2.92 bits per heavy atom. The Morgan fingerprint density at radius 1 is 1.35 bits per heavy atom. The minimum Gasteiger partial charge on any atom is -0.464 e. The summed E-state index contributed by atoms with van der Waals surface area (Å²) in [6.45, 7) is 6.42. The fourth-order valence-corrected chi connectivity index (χ4v) is 3.65. The molecule has 1 N–H and O–H groups in total. The highest BCUT2D eigenvalue weighted by Gasteiger charge is 2.29. The molecule has 1 fully saturated rings. The second-order valence-electron chi connectivity index (χ2n) is 7.12. The van der Waals surface area contributed by atoms with Gasteiger partial charge in [0.25, 0.3) is 0 Å². The van der Waals surface area contributed by atoms with Crippen molar-refractivity contribution in [1.29, 1.82) is 0 Å². The summed E-state index contributed by atoms with van der Waals surface area (Å²) in [5.74, 6) is 0.126. The molecule has 1 aliphatic rings. The van der Waals surface area contributed by atoms with Gasteiger partial charge in [-0.05, 0) is 37.1 Å². The van der Waals surface area contributed by atoms with Crippen LogP contribution < -0.4 is 5.32 Å². The molecule has 1 saturated heterocycles. The zero-order valence-corrected chi connectivity index (χ0v) is 15.5. The van der Waals surface area contributed by atoms with Crippen LogP contribution in [0.5, 0.6) is 0 Å². The van der Waals surface area contributed by atoms with E-state index in [-0.39, 0.29) is 11.9 Å². The number of benzene rings is 1. The van der Waals surface area contributed by atoms with Gasteiger partial charge < -0.3 is 14.6 Å². The lowest BCUT2D eigenvalue weighted by Crippen LogP contribution is -2.49. The Morgan fingerprint density at radius 2 is 2.15 bits per heavy atom. The van der Waals surface area contributed by atoms with E-state index in [2.05, 4.69) is 30.3 Å². The van der Waals surface area contributed by atoms with E-state index in [9.17, 15) is 4.79 Å². The number of amides is 1. The number of hydrogen-bond donors (Lipinski definition) is 1. The summed E-state index contributed by atoms with van der Waals surface area (Å²) in [7, 11) is 1.90. The predicted molar refractivity (Wildman–Crippen MR) is 99.9 cm³/mol. The topological polar surface area (TPSA) is 63.3 Å². The molecule has 2 aromatic heterocycles. The first-order chi connectivity index (χ1) is 12.5. The van der Waals surface area contributed by atoms with Crippen molar-refractivity contribution in [2.24, 2.45) is 7.05 Å². The van der Waals surface area contributed by atoms with Gasteiger partial charge in [-0.25, -0.2) is 0 Å². The van der Waals surface area contributed by atoms with Gasteiger partial charge in [-0.15, -0.1) is 0 Å². The van der Waals surface area contributed by atoms with Crippen LogP contribution in [0.1, 0.15) is 28.3 Å². The van der Waals surface area contributed by atoms with Crippen molar-refractivity contribution in [1.82, 2.24) is 20.0 Å². The standard InChI is InChI=1S/C20H24N4O2/c1-13-6-17-15(12-26-19(17)7-14(13)2)8-20(25)24-5-4-21-10-18(24)16-9-22-23(3)11-16/h6-7,9,11-12,18,21H,4-5,8,10H2,1-3H3. The van der Waals surface area contributed by atoms with Gasteiger partial charge in [0.05, 0.1) is 24.9 Å². The van der Waals surface area contributed by atoms with Gasteiger partial charge in [0, 0.05) is 49.4 Å². The maximum Gasteiger partial charge on any atom is 0.227 e. The van der Waals surface area contributed by atoms with Crippen LogP contribution in [-0.2, 0) is 18.3 Å². The first-order valence-corrected chi connectivity index (χ1v) is 8.99. The lowest BCUT2D eigenvalue weighted by molar-refractivity contribution is -0.133. The number of hydrogen-bond acceptors (Lipinski definition) is 4. The summed E-state index contributed by atoms with van der Waals surface area (Å²) >= 11 is 0. The minimum atomic E-state index is 0.0205. The maximum atomic E-state index is 13.1. The molecule has 3 aromatic rings. The fourth-order valence-electron chi connectivity index (χ4n) is 3.65. The van der Waals surface area contributed by atoms with Gasteiger partial charge in [0.1, 0.15) is 5.58 Å². The number of rotatable bonds is 3. The molecule has 1 aromatic carbocycles. The highest BCUT2D eigenvalue weighted by Crippen LogP contribution is 2.27. The van der Waals surface area contributed by atoms with Crippen LogP contribution in [-0.4, -0.2) is 40.2 Å². The number of piperazine rings is 1. The van der Waals surface area contributed by atoms with Crippen molar-refractivity contribution < 1.29 is 9.21 Å². The zero-order valence-electron chi connectivity index (χ0n) is 15.5. The van der Waals surface area contributed by atoms with Gasteiger partial charge in [-0.3, -0.25) is 9.48 Å². The SMILES string of the molecule is Cc1cc2occ(CC(=O)N3CCNCC3c3cnn(C)c3)c2cc1C. The number of furan rings is 1. The van der Waals surface area contributed by atoms with Crippen LogP contribution in [0.2, 0.25) is 0 Å². The van der Waals surface area contributed by atoms with E-state index in [0.717, 1.165) is 35.2 Å². The van der Waals surface area contributed by atoms with E-state index in [1.807, 2.05) is 30.4 Å². The van der Waals surface area contributed by atoms with Crippen molar-refractivity contribution >= 4 is 16.9 Å². The molecule has 1 aliphatic heterocycles. The van der Waals surface area contributed by atoms with Gasteiger partial charge in [0.15, 0.2) is 0 Å². The van der Waals surface area contributed by atoms with E-state index < -0.39 is 0 Å². The fraction of sp³-hybridized carbons (Fsp3) is 0.400. The molecule has 0 spiro atoms. The van der Waals surface area contributed by atoms with E-state index in [4.69, 9.17) is 4.42 Å². The summed E-state index contributed by atoms with van der Waals surface area (Å²) in [6, 6.07) is 4.18. The summed E-state index contributed by atoms with van der Waals surface area (Å²) in [6.07, 6.45) is 5.91. The third-order valence-electron chi connectivity index (χ3n) is 5.29. The normalized spacial score (nSPS) is 17.8. The van der Waals surface area contributed by atoms with Crippen molar-refractivity contribution in [2.45, 2.75) is 26.3 Å². The molecule has 0 radical (unpaired) electrons. The Bertz CT molecular complexity index is 956. The zero-order chi connectivity index (χ0) is 18.3. The van der Waals surface area contributed by atoms with Crippen molar-refractivity contribution in [3.05, 3.63) is 53.0 Å². The average Bonchev–Trinajstić information content (AvgIpc) is 3.22. The molecule has 3 heterocycles. The van der Waals surface area contributed by atoms with Crippen LogP contribution in [0.3, 0.4) is 0 Å². The van der Waals surface area contributed by atoms with Gasteiger partial charge in [0.2, 0.25) is 5.91 Å². The van der Waals surface area contributed by atoms with Crippen molar-refractivity contribution in [2.75, 3.05) is 19.6 Å². The van der Waals surface area contributed by atoms with Gasteiger partial charge >= 0.3 is 0 Å². The number of nitrogens with zero attached hydrogens (tertiary/aromatic N) is 3. The Kier molecular flexibility index (Phi) is 4.28. The molecular formula is C20H24N4O2. The molecule has 26 heavy (non-hydrogen) atoms. The Hall–Kier alpha value is -2.60. The smallest absolute Gasteiger partial charge is 0.227 e. The van der Waals surface area contributed by atoms with Crippen LogP contribution in [0.25, 0.3) is 11.0 Å². The number of aryl methyl sites for hydroxylation is 3. The number of aromatic nitrogens is 2. The third kappa shape index (κ3) is 3.01. The molecule has 1 unspecified atom stereocenters. The van der Waals surface area contributed by atoms with E-state index in [1.165, 1.54) is 11.1 Å². The molecule has 1 atom stereocenters. The molecule has 136 valence electrons. The second-order valence-corrected chi connectivity index (χ2v) is 7.12. The summed E-state index contributed by atoms with van der Waals surface area (Å²) in [5, 5.41) is 8.67. The minimum absolute atomic E-state index is 0.0205. The summed E-state index contributed by atoms with van der Waals surface area (Å²) in [4.78, 5) is 15.0. The molecular weight excluding hydrogens is 328 g/mol. The van der Waals surface area contributed by atoms with E-state index >= 15 is 0 Å². The van der Waals surface area contributed by atoms with Crippen LogP contribution in [0.15, 0.2) is 35.2 Å². The monoisotopic (exact) mass is 352 g/mol. The largest absolute Gasteiger partial charge is 0.464 e. The Balaban J connectivity index is 1.59. The van der Waals surface area contributed by atoms with E-state index in [0.29, 0.717) is 13.0 Å². The highest BCUT2D eigenvalue weighted by atomic mass is 16.3.